The van der Waals surface area contributed by atoms with Crippen LogP contribution < -0.4 is 0 Å². The van der Waals surface area contributed by atoms with Crippen molar-refractivity contribution in [2.24, 2.45) is 0 Å². The molecule has 3 aromatic rings. The molecule has 0 saturated carbocycles. The van der Waals surface area contributed by atoms with Crippen LogP contribution in [0.3, 0.4) is 0 Å². The van der Waals surface area contributed by atoms with E-state index in [0.717, 1.165) is 11.3 Å². The first kappa shape index (κ1) is 12.1. The van der Waals surface area contributed by atoms with Gasteiger partial charge in [-0.3, -0.25) is 4.57 Å². The number of hydrogen-bond donors (Lipinski definition) is 1. The number of imidazole rings is 1. The van der Waals surface area contributed by atoms with Crippen LogP contribution in [0.5, 0.6) is 0 Å². The third kappa shape index (κ3) is 1.67. The van der Waals surface area contributed by atoms with Crippen molar-refractivity contribution in [1.82, 2.24) is 24.3 Å². The molecule has 0 bridgehead atoms. The molecule has 0 unspecified atom stereocenters. The topological polar surface area (TPSA) is 85.8 Å². The highest BCUT2D eigenvalue weighted by Crippen LogP contribution is 2.32. The number of nitrogens with zero attached hydrogens (tertiary/aromatic N) is 5. The largest absolute Gasteiger partial charge is 0.476 e. The van der Waals surface area contributed by atoms with Gasteiger partial charge in [-0.15, -0.1) is 0 Å². The van der Waals surface area contributed by atoms with Crippen molar-refractivity contribution >= 4 is 17.6 Å². The van der Waals surface area contributed by atoms with E-state index in [2.05, 4.69) is 15.1 Å². The molecule has 0 saturated heterocycles. The summed E-state index contributed by atoms with van der Waals surface area (Å²) in [5.74, 6) is -0.421. The number of hydrogen-bond acceptors (Lipinski definition) is 4. The van der Waals surface area contributed by atoms with Crippen molar-refractivity contribution in [3.8, 4) is 17.1 Å². The SMILES string of the molecule is O=C(O)c1ncn2c1Cn1ncnc1-c1cc(Cl)ccc1-2. The van der Waals surface area contributed by atoms with Crippen LogP contribution in [0.1, 0.15) is 16.2 Å². The highest BCUT2D eigenvalue weighted by atomic mass is 35.5. The van der Waals surface area contributed by atoms with E-state index in [9.17, 15) is 9.90 Å². The number of benzene rings is 1. The molecule has 2 aromatic heterocycles. The summed E-state index contributed by atoms with van der Waals surface area (Å²) in [5.41, 5.74) is 2.13. The van der Waals surface area contributed by atoms with Gasteiger partial charge in [-0.2, -0.15) is 5.10 Å². The van der Waals surface area contributed by atoms with Gasteiger partial charge in [-0.25, -0.2) is 19.4 Å². The monoisotopic (exact) mass is 301 g/mol. The zero-order valence-electron chi connectivity index (χ0n) is 10.6. The first-order valence-corrected chi connectivity index (χ1v) is 6.50. The van der Waals surface area contributed by atoms with Gasteiger partial charge in [-0.1, -0.05) is 11.6 Å². The van der Waals surface area contributed by atoms with Gasteiger partial charge in [0.2, 0.25) is 0 Å². The second-order valence-corrected chi connectivity index (χ2v) is 5.05. The molecule has 0 radical (unpaired) electrons. The van der Waals surface area contributed by atoms with E-state index >= 15 is 0 Å². The van der Waals surface area contributed by atoms with Crippen LogP contribution in [0.25, 0.3) is 17.1 Å². The van der Waals surface area contributed by atoms with Crippen LogP contribution in [0.4, 0.5) is 0 Å². The average Bonchev–Trinajstić information content (AvgIpc) is 3.04. The van der Waals surface area contributed by atoms with Crippen molar-refractivity contribution in [1.29, 1.82) is 0 Å². The third-order valence-electron chi connectivity index (χ3n) is 3.44. The molecule has 3 heterocycles. The molecule has 1 aromatic carbocycles. The maximum atomic E-state index is 11.3. The fraction of sp³-hybridized carbons (Fsp3) is 0.0769. The smallest absolute Gasteiger partial charge is 0.356 e. The lowest BCUT2D eigenvalue weighted by molar-refractivity contribution is 0.0689. The zero-order chi connectivity index (χ0) is 14.6. The first-order valence-electron chi connectivity index (χ1n) is 6.13. The lowest BCUT2D eigenvalue weighted by atomic mass is 10.1. The molecule has 21 heavy (non-hydrogen) atoms. The van der Waals surface area contributed by atoms with Gasteiger partial charge in [0.25, 0.3) is 0 Å². The standard InChI is InChI=1S/C13H8ClN5O2/c14-7-1-2-9-8(3-7)12-15-5-17-19(12)4-10-11(13(20)21)16-6-18(9)10/h1-3,5-6H,4H2,(H,20,21). The molecule has 4 rings (SSSR count). The molecule has 0 fully saturated rings. The Kier molecular flexibility index (Phi) is 2.40. The number of fused-ring (bicyclic) bond motifs is 5. The minimum atomic E-state index is -1.07. The molecule has 0 spiro atoms. The number of carboxylic acid groups (broad SMARTS) is 1. The maximum Gasteiger partial charge on any atom is 0.356 e. The molecule has 0 amide bonds. The van der Waals surface area contributed by atoms with Gasteiger partial charge < -0.3 is 5.11 Å². The number of carbonyl (C=O) groups is 1. The molecule has 104 valence electrons. The number of halogens is 1. The summed E-state index contributed by atoms with van der Waals surface area (Å²) in [6.07, 6.45) is 2.93. The van der Waals surface area contributed by atoms with Gasteiger partial charge in [0, 0.05) is 10.6 Å². The summed E-state index contributed by atoms with van der Waals surface area (Å²) in [7, 11) is 0. The Balaban J connectivity index is 2.09. The van der Waals surface area contributed by atoms with E-state index in [-0.39, 0.29) is 12.2 Å². The van der Waals surface area contributed by atoms with Crippen LogP contribution in [-0.4, -0.2) is 35.4 Å². The van der Waals surface area contributed by atoms with Gasteiger partial charge >= 0.3 is 5.97 Å². The second kappa shape index (κ2) is 4.16. The molecule has 1 aliphatic heterocycles. The highest BCUT2D eigenvalue weighted by Gasteiger charge is 2.25. The summed E-state index contributed by atoms with van der Waals surface area (Å²) in [5, 5.41) is 14.0. The molecule has 7 nitrogen and oxygen atoms in total. The van der Waals surface area contributed by atoms with E-state index < -0.39 is 5.97 Å². The minimum Gasteiger partial charge on any atom is -0.476 e. The van der Waals surface area contributed by atoms with Crippen molar-refractivity contribution in [3.63, 3.8) is 0 Å². The predicted molar refractivity (Wildman–Crippen MR) is 73.7 cm³/mol. The predicted octanol–water partition coefficient (Wildman–Crippen LogP) is 1.84. The van der Waals surface area contributed by atoms with E-state index in [1.54, 1.807) is 21.4 Å². The third-order valence-corrected chi connectivity index (χ3v) is 3.68. The normalized spacial score (nSPS) is 12.2. The summed E-state index contributed by atoms with van der Waals surface area (Å²) in [4.78, 5) is 19.6. The van der Waals surface area contributed by atoms with Crippen molar-refractivity contribution in [2.75, 3.05) is 0 Å². The molecule has 0 aliphatic carbocycles. The van der Waals surface area contributed by atoms with E-state index in [4.69, 9.17) is 11.6 Å². The van der Waals surface area contributed by atoms with Gasteiger partial charge in [0.05, 0.1) is 17.9 Å². The highest BCUT2D eigenvalue weighted by molar-refractivity contribution is 6.31. The summed E-state index contributed by atoms with van der Waals surface area (Å²) >= 11 is 6.07. The van der Waals surface area contributed by atoms with Crippen LogP contribution in [0, 0.1) is 0 Å². The molecule has 8 heteroatoms. The average molecular weight is 302 g/mol. The maximum absolute atomic E-state index is 11.3. The van der Waals surface area contributed by atoms with E-state index in [1.165, 1.54) is 12.7 Å². The Hall–Kier alpha value is -2.67. The lowest BCUT2D eigenvalue weighted by Gasteiger charge is -2.08. The Labute approximate surface area is 123 Å². The summed E-state index contributed by atoms with van der Waals surface area (Å²) in [6.45, 7) is 0.281. The van der Waals surface area contributed by atoms with Crippen molar-refractivity contribution < 1.29 is 9.90 Å². The molecular formula is C13H8ClN5O2. The molecule has 0 atom stereocenters. The van der Waals surface area contributed by atoms with Gasteiger partial charge in [0.1, 0.15) is 12.7 Å². The Morgan fingerprint density at radius 1 is 1.33 bits per heavy atom. The Bertz CT molecular complexity index is 883. The quantitative estimate of drug-likeness (QED) is 0.580. The molecular weight excluding hydrogens is 294 g/mol. The van der Waals surface area contributed by atoms with Crippen LogP contribution in [0.15, 0.2) is 30.9 Å². The summed E-state index contributed by atoms with van der Waals surface area (Å²) in [6, 6.07) is 5.35. The number of aromatic nitrogens is 5. The van der Waals surface area contributed by atoms with Crippen molar-refractivity contribution in [3.05, 3.63) is 47.3 Å². The number of aromatic carboxylic acids is 1. The lowest BCUT2D eigenvalue weighted by Crippen LogP contribution is -2.09. The first-order chi connectivity index (χ1) is 10.1. The second-order valence-electron chi connectivity index (χ2n) is 4.62. The number of rotatable bonds is 1. The molecule has 1 aliphatic rings. The van der Waals surface area contributed by atoms with Crippen molar-refractivity contribution in [2.45, 2.75) is 6.54 Å². The van der Waals surface area contributed by atoms with Gasteiger partial charge in [-0.05, 0) is 18.2 Å². The molecule has 1 N–H and O–H groups in total. The van der Waals surface area contributed by atoms with Crippen LogP contribution in [-0.2, 0) is 6.54 Å². The zero-order valence-corrected chi connectivity index (χ0v) is 11.3. The fourth-order valence-electron chi connectivity index (χ4n) is 2.54. The van der Waals surface area contributed by atoms with Gasteiger partial charge in [0.15, 0.2) is 11.5 Å². The number of carboxylic acids is 1. The van der Waals surface area contributed by atoms with Crippen LogP contribution >= 0.6 is 11.6 Å². The fourth-order valence-corrected chi connectivity index (χ4v) is 2.71. The van der Waals surface area contributed by atoms with Crippen LogP contribution in [0.2, 0.25) is 5.02 Å². The Morgan fingerprint density at radius 2 is 2.19 bits per heavy atom. The minimum absolute atomic E-state index is 0.0132. The van der Waals surface area contributed by atoms with E-state index in [0.29, 0.717) is 16.5 Å². The Morgan fingerprint density at radius 3 is 3.00 bits per heavy atom. The van der Waals surface area contributed by atoms with E-state index in [1.807, 2.05) is 6.07 Å². The summed E-state index contributed by atoms with van der Waals surface area (Å²) < 4.78 is 3.38.